The first-order valence-electron chi connectivity index (χ1n) is 7.52. The van der Waals surface area contributed by atoms with Gasteiger partial charge >= 0.3 is 5.97 Å². The lowest BCUT2D eigenvalue weighted by molar-refractivity contribution is -0.171. The van der Waals surface area contributed by atoms with Crippen molar-refractivity contribution in [3.8, 4) is 0 Å². The van der Waals surface area contributed by atoms with Crippen molar-refractivity contribution in [2.45, 2.75) is 38.5 Å². The Hall–Kier alpha value is -1.19. The molecule has 0 bridgehead atoms. The zero-order valence-corrected chi connectivity index (χ0v) is 14.4. The third-order valence-electron chi connectivity index (χ3n) is 3.48. The molecule has 2 fully saturated rings. The molecule has 2 atom stereocenters. The second-order valence-corrected chi connectivity index (χ2v) is 8.86. The van der Waals surface area contributed by atoms with Crippen molar-refractivity contribution in [1.29, 1.82) is 0 Å². The minimum Gasteiger partial charge on any atom is -0.458 e. The highest BCUT2D eigenvalue weighted by molar-refractivity contribution is 7.91. The third kappa shape index (κ3) is 4.89. The quantitative estimate of drug-likeness (QED) is 0.612. The molecule has 0 saturated carbocycles. The summed E-state index contributed by atoms with van der Waals surface area (Å²) in [5, 5.41) is 0. The van der Waals surface area contributed by atoms with E-state index in [2.05, 4.69) is 0 Å². The van der Waals surface area contributed by atoms with E-state index in [1.807, 2.05) is 0 Å². The molecular formula is C14H23NO7S. The summed E-state index contributed by atoms with van der Waals surface area (Å²) in [7, 11) is -3.40. The van der Waals surface area contributed by atoms with Crippen LogP contribution in [0.2, 0.25) is 0 Å². The number of sulfone groups is 1. The van der Waals surface area contributed by atoms with E-state index in [1.54, 1.807) is 20.8 Å². The number of hydrogen-bond donors (Lipinski definition) is 0. The van der Waals surface area contributed by atoms with Crippen LogP contribution in [-0.2, 0) is 33.6 Å². The summed E-state index contributed by atoms with van der Waals surface area (Å²) in [4.78, 5) is 26.2. The van der Waals surface area contributed by atoms with Gasteiger partial charge in [-0.3, -0.25) is 4.79 Å². The van der Waals surface area contributed by atoms with Crippen molar-refractivity contribution in [1.82, 2.24) is 4.90 Å². The van der Waals surface area contributed by atoms with E-state index >= 15 is 0 Å². The van der Waals surface area contributed by atoms with Crippen LogP contribution in [0.15, 0.2) is 0 Å². The van der Waals surface area contributed by atoms with Gasteiger partial charge in [-0.2, -0.15) is 0 Å². The summed E-state index contributed by atoms with van der Waals surface area (Å²) in [5.74, 6) is -1.76. The molecule has 9 heteroatoms. The summed E-state index contributed by atoms with van der Waals surface area (Å²) >= 11 is 0. The SMILES string of the molecule is CC(C)(C)OC(=O)C1CS(=O)(=O)CCN1C(=O)C1COCCO1. The molecule has 0 N–H and O–H groups in total. The predicted molar refractivity (Wildman–Crippen MR) is 80.6 cm³/mol. The molecule has 2 saturated heterocycles. The van der Waals surface area contributed by atoms with Crippen LogP contribution in [0.25, 0.3) is 0 Å². The summed E-state index contributed by atoms with van der Waals surface area (Å²) in [6.07, 6.45) is -0.811. The van der Waals surface area contributed by atoms with E-state index in [-0.39, 0.29) is 18.9 Å². The van der Waals surface area contributed by atoms with Crippen LogP contribution < -0.4 is 0 Å². The molecule has 8 nitrogen and oxygen atoms in total. The van der Waals surface area contributed by atoms with Gasteiger partial charge in [-0.15, -0.1) is 0 Å². The van der Waals surface area contributed by atoms with Crippen LogP contribution in [0.3, 0.4) is 0 Å². The van der Waals surface area contributed by atoms with Crippen molar-refractivity contribution in [3.05, 3.63) is 0 Å². The van der Waals surface area contributed by atoms with E-state index in [4.69, 9.17) is 14.2 Å². The smallest absolute Gasteiger partial charge is 0.330 e. The van der Waals surface area contributed by atoms with Crippen LogP contribution >= 0.6 is 0 Å². The molecule has 0 spiro atoms. The Bertz CT molecular complexity index is 560. The van der Waals surface area contributed by atoms with Crippen molar-refractivity contribution in [2.75, 3.05) is 37.9 Å². The van der Waals surface area contributed by atoms with Gasteiger partial charge in [-0.05, 0) is 20.8 Å². The van der Waals surface area contributed by atoms with E-state index in [0.29, 0.717) is 13.2 Å². The fraction of sp³-hybridized carbons (Fsp3) is 0.857. The maximum Gasteiger partial charge on any atom is 0.330 e. The average molecular weight is 349 g/mol. The highest BCUT2D eigenvalue weighted by atomic mass is 32.2. The van der Waals surface area contributed by atoms with Crippen molar-refractivity contribution < 1.29 is 32.2 Å². The molecule has 2 rings (SSSR count). The van der Waals surface area contributed by atoms with Crippen LogP contribution in [0.5, 0.6) is 0 Å². The number of nitrogens with zero attached hydrogens (tertiary/aromatic N) is 1. The second-order valence-electron chi connectivity index (χ2n) is 6.63. The summed E-state index contributed by atoms with van der Waals surface area (Å²) in [5.41, 5.74) is -0.766. The van der Waals surface area contributed by atoms with E-state index in [9.17, 15) is 18.0 Å². The van der Waals surface area contributed by atoms with E-state index < -0.39 is 45.2 Å². The summed E-state index contributed by atoms with van der Waals surface area (Å²) in [6.45, 7) is 5.81. The third-order valence-corrected chi connectivity index (χ3v) is 5.11. The van der Waals surface area contributed by atoms with Crippen molar-refractivity contribution in [3.63, 3.8) is 0 Å². The first-order valence-corrected chi connectivity index (χ1v) is 9.34. The maximum atomic E-state index is 12.6. The predicted octanol–water partition coefficient (Wildman–Crippen LogP) is -0.631. The Labute approximate surface area is 136 Å². The first-order chi connectivity index (χ1) is 10.6. The standard InChI is InChI=1S/C14H23NO7S/c1-14(2,3)22-13(17)10-9-23(18,19)7-4-15(10)12(16)11-8-20-5-6-21-11/h10-11H,4-9H2,1-3H3. The Kier molecular flexibility index (Phi) is 5.32. The van der Waals surface area contributed by atoms with Gasteiger partial charge < -0.3 is 19.1 Å². The molecule has 23 heavy (non-hydrogen) atoms. The average Bonchev–Trinajstić information content (AvgIpc) is 2.45. The van der Waals surface area contributed by atoms with Gasteiger partial charge in [0.25, 0.3) is 5.91 Å². The highest BCUT2D eigenvalue weighted by Gasteiger charge is 2.43. The van der Waals surface area contributed by atoms with E-state index in [1.165, 1.54) is 4.90 Å². The van der Waals surface area contributed by atoms with Gasteiger partial charge in [-0.1, -0.05) is 0 Å². The zero-order chi connectivity index (χ0) is 17.3. The van der Waals surface area contributed by atoms with Crippen molar-refractivity contribution >= 4 is 21.7 Å². The molecule has 0 aromatic carbocycles. The zero-order valence-electron chi connectivity index (χ0n) is 13.6. The molecule has 1 amide bonds. The van der Waals surface area contributed by atoms with Gasteiger partial charge in [0.05, 0.1) is 31.3 Å². The monoisotopic (exact) mass is 349 g/mol. The second kappa shape index (κ2) is 6.74. The van der Waals surface area contributed by atoms with Crippen LogP contribution in [0, 0.1) is 0 Å². The molecular weight excluding hydrogens is 326 g/mol. The molecule has 132 valence electrons. The van der Waals surface area contributed by atoms with Gasteiger partial charge in [0.1, 0.15) is 11.6 Å². The highest BCUT2D eigenvalue weighted by Crippen LogP contribution is 2.19. The normalized spacial score (nSPS) is 28.2. The molecule has 2 unspecified atom stereocenters. The molecule has 2 aliphatic rings. The number of carbonyl (C=O) groups is 2. The van der Waals surface area contributed by atoms with Gasteiger partial charge in [0.2, 0.25) is 0 Å². The minimum absolute atomic E-state index is 0.0507. The molecule has 0 aromatic rings. The molecule has 0 radical (unpaired) electrons. The lowest BCUT2D eigenvalue weighted by Gasteiger charge is -2.37. The lowest BCUT2D eigenvalue weighted by atomic mass is 10.1. The number of rotatable bonds is 2. The van der Waals surface area contributed by atoms with Crippen LogP contribution in [0.1, 0.15) is 20.8 Å². The number of esters is 1. The Morgan fingerprint density at radius 2 is 1.91 bits per heavy atom. The fourth-order valence-corrected chi connectivity index (χ4v) is 3.89. The molecule has 0 aromatic heterocycles. The first kappa shape index (κ1) is 18.2. The van der Waals surface area contributed by atoms with Crippen LogP contribution in [-0.4, -0.2) is 80.8 Å². The minimum atomic E-state index is -3.40. The fourth-order valence-electron chi connectivity index (χ4n) is 2.45. The Morgan fingerprint density at radius 1 is 1.22 bits per heavy atom. The van der Waals surface area contributed by atoms with Crippen molar-refractivity contribution in [2.24, 2.45) is 0 Å². The molecule has 0 aliphatic carbocycles. The Balaban J connectivity index is 2.17. The Morgan fingerprint density at radius 3 is 2.48 bits per heavy atom. The number of amides is 1. The lowest BCUT2D eigenvalue weighted by Crippen LogP contribution is -2.59. The molecule has 2 heterocycles. The van der Waals surface area contributed by atoms with Gasteiger partial charge in [0.15, 0.2) is 15.9 Å². The number of carbonyl (C=O) groups excluding carboxylic acids is 2. The summed E-state index contributed by atoms with van der Waals surface area (Å²) in [6, 6.07) is -1.15. The molecule has 2 aliphatic heterocycles. The number of hydrogen-bond acceptors (Lipinski definition) is 7. The number of ether oxygens (including phenoxy) is 3. The van der Waals surface area contributed by atoms with Gasteiger partial charge in [-0.25, -0.2) is 13.2 Å². The topological polar surface area (TPSA) is 99.2 Å². The van der Waals surface area contributed by atoms with Crippen LogP contribution in [0.4, 0.5) is 0 Å². The maximum absolute atomic E-state index is 12.6. The largest absolute Gasteiger partial charge is 0.458 e. The van der Waals surface area contributed by atoms with E-state index in [0.717, 1.165) is 0 Å². The van der Waals surface area contributed by atoms with Gasteiger partial charge in [0, 0.05) is 6.54 Å². The summed E-state index contributed by atoms with van der Waals surface area (Å²) < 4.78 is 39.6.